The Labute approximate surface area is 162 Å². The highest BCUT2D eigenvalue weighted by molar-refractivity contribution is 5.96. The minimum atomic E-state index is -0.449. The number of benzene rings is 2. The van der Waals surface area contributed by atoms with Gasteiger partial charge in [-0.3, -0.25) is 19.7 Å². The van der Waals surface area contributed by atoms with Gasteiger partial charge in [-0.25, -0.2) is 0 Å². The minimum Gasteiger partial charge on any atom is -0.399 e. The molecule has 2 saturated heterocycles. The number of nitrogens with zero attached hydrogens (tertiary/aromatic N) is 3. The van der Waals surface area contributed by atoms with Gasteiger partial charge in [0, 0.05) is 55.1 Å². The largest absolute Gasteiger partial charge is 0.399 e. The molecule has 0 aliphatic carbocycles. The average Bonchev–Trinajstić information content (AvgIpc) is 3.31. The van der Waals surface area contributed by atoms with E-state index >= 15 is 0 Å². The quantitative estimate of drug-likeness (QED) is 0.498. The molecule has 2 aromatic rings. The number of nitrogen functional groups attached to an aromatic ring is 1. The highest BCUT2D eigenvalue weighted by Crippen LogP contribution is 2.24. The third-order valence-electron chi connectivity index (χ3n) is 4.72. The van der Waals surface area contributed by atoms with Crippen molar-refractivity contribution in [3.05, 3.63) is 58.6 Å². The van der Waals surface area contributed by atoms with Gasteiger partial charge < -0.3 is 15.5 Å². The maximum atomic E-state index is 11.4. The average molecular weight is 382 g/mol. The van der Waals surface area contributed by atoms with Crippen molar-refractivity contribution in [2.24, 2.45) is 0 Å². The molecule has 2 aromatic carbocycles. The fourth-order valence-corrected chi connectivity index (χ4v) is 3.25. The number of hydrogen-bond acceptors (Lipinski definition) is 5. The van der Waals surface area contributed by atoms with Crippen LogP contribution in [-0.2, 0) is 9.59 Å². The zero-order valence-corrected chi connectivity index (χ0v) is 15.4. The molecule has 2 fully saturated rings. The lowest BCUT2D eigenvalue weighted by atomic mass is 10.2. The number of nitrogens with two attached hydrogens (primary N) is 1. The summed E-state index contributed by atoms with van der Waals surface area (Å²) < 4.78 is 0. The van der Waals surface area contributed by atoms with Crippen LogP contribution >= 0.6 is 0 Å². The topological polar surface area (TPSA) is 110 Å². The Morgan fingerprint density at radius 3 is 1.57 bits per heavy atom. The van der Waals surface area contributed by atoms with Crippen molar-refractivity contribution in [2.75, 3.05) is 28.6 Å². The Bertz CT molecular complexity index is 865. The first kappa shape index (κ1) is 19.3. The molecule has 0 atom stereocenters. The van der Waals surface area contributed by atoms with Gasteiger partial charge >= 0.3 is 0 Å². The predicted octanol–water partition coefficient (Wildman–Crippen LogP) is 3.12. The van der Waals surface area contributed by atoms with Crippen molar-refractivity contribution in [1.29, 1.82) is 0 Å². The highest BCUT2D eigenvalue weighted by atomic mass is 16.6. The molecule has 146 valence electrons. The number of carbonyl (C=O) groups excluding carboxylic acids is 2. The van der Waals surface area contributed by atoms with E-state index in [4.69, 9.17) is 5.73 Å². The predicted molar refractivity (Wildman–Crippen MR) is 107 cm³/mol. The minimum absolute atomic E-state index is 0.0467. The summed E-state index contributed by atoms with van der Waals surface area (Å²) in [6.45, 7) is 1.54. The number of nitro groups is 1. The Morgan fingerprint density at radius 2 is 1.21 bits per heavy atom. The molecule has 2 amide bonds. The lowest BCUT2D eigenvalue weighted by Crippen LogP contribution is -2.23. The van der Waals surface area contributed by atoms with Crippen molar-refractivity contribution in [2.45, 2.75) is 25.7 Å². The number of amides is 2. The summed E-state index contributed by atoms with van der Waals surface area (Å²) in [4.78, 5) is 36.2. The van der Waals surface area contributed by atoms with E-state index in [1.807, 2.05) is 24.3 Å². The number of non-ortho nitro benzene ring substituents is 1. The van der Waals surface area contributed by atoms with E-state index in [-0.39, 0.29) is 17.5 Å². The molecule has 2 aliphatic rings. The summed E-state index contributed by atoms with van der Waals surface area (Å²) >= 11 is 0. The number of rotatable bonds is 3. The van der Waals surface area contributed by atoms with Crippen LogP contribution in [0.15, 0.2) is 48.5 Å². The standard InChI is InChI=1S/C10H10N2O3.C10H12N2O/c13-10-2-1-7-11(10)8-3-5-9(6-4-8)12(14)15;11-8-3-5-9(6-4-8)12-7-1-2-10(12)13/h3-6H,1-2,7H2;3-6H,1-2,7,11H2. The van der Waals surface area contributed by atoms with Crippen LogP contribution in [0.1, 0.15) is 25.7 Å². The van der Waals surface area contributed by atoms with Crippen LogP contribution in [0.5, 0.6) is 0 Å². The summed E-state index contributed by atoms with van der Waals surface area (Å²) in [5.74, 6) is 0.300. The normalized spacial score (nSPS) is 16.1. The fourth-order valence-electron chi connectivity index (χ4n) is 3.25. The molecule has 8 nitrogen and oxygen atoms in total. The first-order valence-electron chi connectivity index (χ1n) is 9.16. The van der Waals surface area contributed by atoms with Gasteiger partial charge in [0.1, 0.15) is 0 Å². The molecule has 2 heterocycles. The molecule has 0 aromatic heterocycles. The zero-order valence-electron chi connectivity index (χ0n) is 15.4. The van der Waals surface area contributed by atoms with Crippen LogP contribution in [0, 0.1) is 10.1 Å². The number of nitro benzene ring substituents is 1. The van der Waals surface area contributed by atoms with Gasteiger partial charge in [-0.15, -0.1) is 0 Å². The van der Waals surface area contributed by atoms with Crippen molar-refractivity contribution in [3.63, 3.8) is 0 Å². The van der Waals surface area contributed by atoms with Crippen LogP contribution in [0.25, 0.3) is 0 Å². The fraction of sp³-hybridized carbons (Fsp3) is 0.300. The molecule has 8 heteroatoms. The molecule has 0 unspecified atom stereocenters. The molecule has 28 heavy (non-hydrogen) atoms. The van der Waals surface area contributed by atoms with Crippen molar-refractivity contribution < 1.29 is 14.5 Å². The Morgan fingerprint density at radius 1 is 0.786 bits per heavy atom. The van der Waals surface area contributed by atoms with E-state index in [0.717, 1.165) is 36.4 Å². The first-order chi connectivity index (χ1) is 13.5. The zero-order chi connectivity index (χ0) is 20.1. The molecule has 0 spiro atoms. The second-order valence-electron chi connectivity index (χ2n) is 6.66. The monoisotopic (exact) mass is 382 g/mol. The van der Waals surface area contributed by atoms with Crippen molar-refractivity contribution in [1.82, 2.24) is 0 Å². The summed E-state index contributed by atoms with van der Waals surface area (Å²) in [6, 6.07) is 13.5. The number of hydrogen-bond donors (Lipinski definition) is 1. The third kappa shape index (κ3) is 4.46. The molecule has 2 N–H and O–H groups in total. The van der Waals surface area contributed by atoms with Gasteiger partial charge in [-0.2, -0.15) is 0 Å². The summed E-state index contributed by atoms with van der Waals surface area (Å²) in [5, 5.41) is 10.4. The molecule has 4 rings (SSSR count). The van der Waals surface area contributed by atoms with Crippen LogP contribution in [0.4, 0.5) is 22.7 Å². The molecular weight excluding hydrogens is 360 g/mol. The Kier molecular flexibility index (Phi) is 5.88. The van der Waals surface area contributed by atoms with Gasteiger partial charge in [-0.1, -0.05) is 0 Å². The maximum absolute atomic E-state index is 11.4. The van der Waals surface area contributed by atoms with Gasteiger partial charge in [-0.05, 0) is 49.2 Å². The SMILES string of the molecule is Nc1ccc(N2CCCC2=O)cc1.O=C1CCCN1c1ccc([N+](=O)[O-])cc1. The Hall–Kier alpha value is -3.42. The Balaban J connectivity index is 0.000000162. The van der Waals surface area contributed by atoms with Crippen molar-refractivity contribution >= 4 is 34.6 Å². The van der Waals surface area contributed by atoms with Gasteiger partial charge in [0.2, 0.25) is 11.8 Å². The molecule has 0 radical (unpaired) electrons. The summed E-state index contributed by atoms with van der Waals surface area (Å²) in [7, 11) is 0. The first-order valence-corrected chi connectivity index (χ1v) is 9.16. The smallest absolute Gasteiger partial charge is 0.269 e. The molecule has 0 saturated carbocycles. The van der Waals surface area contributed by atoms with Crippen LogP contribution in [0.3, 0.4) is 0 Å². The number of carbonyl (C=O) groups is 2. The lowest BCUT2D eigenvalue weighted by molar-refractivity contribution is -0.384. The second-order valence-corrected chi connectivity index (χ2v) is 6.66. The molecule has 0 bridgehead atoms. The van der Waals surface area contributed by atoms with Crippen LogP contribution in [-0.4, -0.2) is 29.8 Å². The molecule has 2 aliphatic heterocycles. The van der Waals surface area contributed by atoms with Gasteiger partial charge in [0.25, 0.3) is 5.69 Å². The van der Waals surface area contributed by atoms with E-state index in [1.54, 1.807) is 21.9 Å². The van der Waals surface area contributed by atoms with E-state index < -0.39 is 4.92 Å². The van der Waals surface area contributed by atoms with E-state index in [9.17, 15) is 19.7 Å². The second kappa shape index (κ2) is 8.51. The maximum Gasteiger partial charge on any atom is 0.269 e. The summed E-state index contributed by atoms with van der Waals surface area (Å²) in [5.41, 5.74) is 8.03. The van der Waals surface area contributed by atoms with Crippen LogP contribution in [0.2, 0.25) is 0 Å². The number of anilines is 3. The van der Waals surface area contributed by atoms with Gasteiger partial charge in [0.15, 0.2) is 0 Å². The lowest BCUT2D eigenvalue weighted by Gasteiger charge is -2.15. The summed E-state index contributed by atoms with van der Waals surface area (Å²) in [6.07, 6.45) is 3.06. The van der Waals surface area contributed by atoms with Crippen molar-refractivity contribution in [3.8, 4) is 0 Å². The third-order valence-corrected chi connectivity index (χ3v) is 4.72. The molecular formula is C20H22N4O4. The van der Waals surface area contributed by atoms with E-state index in [0.29, 0.717) is 19.4 Å². The van der Waals surface area contributed by atoms with E-state index in [2.05, 4.69) is 0 Å². The highest BCUT2D eigenvalue weighted by Gasteiger charge is 2.22. The van der Waals surface area contributed by atoms with Crippen LogP contribution < -0.4 is 15.5 Å². The van der Waals surface area contributed by atoms with Gasteiger partial charge in [0.05, 0.1) is 4.92 Å². The van der Waals surface area contributed by atoms with E-state index in [1.165, 1.54) is 12.1 Å².